The molecule has 2 heterocycles. The molecule has 8 heteroatoms. The van der Waals surface area contributed by atoms with Crippen molar-refractivity contribution in [3.05, 3.63) is 81.4 Å². The van der Waals surface area contributed by atoms with Crippen LogP contribution in [0.2, 0.25) is 0 Å². The van der Waals surface area contributed by atoms with Gasteiger partial charge in [0.1, 0.15) is 28.0 Å². The van der Waals surface area contributed by atoms with Crippen LogP contribution in [0.3, 0.4) is 0 Å². The Kier molecular flexibility index (Phi) is 7.04. The van der Waals surface area contributed by atoms with E-state index < -0.39 is 11.9 Å². The molecule has 0 saturated heterocycles. The molecule has 1 atom stereocenters. The lowest BCUT2D eigenvalue weighted by molar-refractivity contribution is 0.0739. The SMILES string of the molecule is CCCCOc1ccc(C2C(C#N)=C(N)Oc3cc(OC(=O)c4cccs4)ccc32)cc1OC. The van der Waals surface area contributed by atoms with Crippen LogP contribution in [-0.4, -0.2) is 19.7 Å². The van der Waals surface area contributed by atoms with Crippen molar-refractivity contribution in [1.82, 2.24) is 0 Å². The Bertz CT molecular complexity index is 1260. The van der Waals surface area contributed by atoms with Crippen molar-refractivity contribution in [1.29, 1.82) is 5.26 Å². The van der Waals surface area contributed by atoms with E-state index in [0.717, 1.165) is 24.0 Å². The van der Waals surface area contributed by atoms with Crippen molar-refractivity contribution in [3.63, 3.8) is 0 Å². The average Bonchev–Trinajstić information content (AvgIpc) is 3.39. The van der Waals surface area contributed by atoms with Crippen LogP contribution < -0.4 is 24.7 Å². The third-order valence-corrected chi connectivity index (χ3v) is 6.25. The summed E-state index contributed by atoms with van der Waals surface area (Å²) in [5, 5.41) is 11.6. The highest BCUT2D eigenvalue weighted by atomic mass is 32.1. The number of ether oxygens (including phenoxy) is 4. The van der Waals surface area contributed by atoms with E-state index in [9.17, 15) is 10.1 Å². The molecule has 4 rings (SSSR count). The normalized spacial score (nSPS) is 14.6. The van der Waals surface area contributed by atoms with Gasteiger partial charge in [-0.25, -0.2) is 4.79 Å². The number of rotatable bonds is 8. The molecule has 0 amide bonds. The lowest BCUT2D eigenvalue weighted by atomic mass is 9.83. The van der Waals surface area contributed by atoms with Gasteiger partial charge in [0.2, 0.25) is 5.88 Å². The molecule has 34 heavy (non-hydrogen) atoms. The fourth-order valence-corrected chi connectivity index (χ4v) is 4.30. The van der Waals surface area contributed by atoms with E-state index in [2.05, 4.69) is 13.0 Å². The van der Waals surface area contributed by atoms with Gasteiger partial charge >= 0.3 is 5.97 Å². The maximum absolute atomic E-state index is 12.3. The maximum Gasteiger partial charge on any atom is 0.353 e. The number of benzene rings is 2. The van der Waals surface area contributed by atoms with Crippen LogP contribution in [0.15, 0.2) is 65.4 Å². The first-order valence-electron chi connectivity index (χ1n) is 10.8. The molecule has 1 aliphatic heterocycles. The van der Waals surface area contributed by atoms with Gasteiger partial charge in [-0.15, -0.1) is 11.3 Å². The van der Waals surface area contributed by atoms with Gasteiger partial charge in [-0.2, -0.15) is 5.26 Å². The third-order valence-electron chi connectivity index (χ3n) is 5.40. The minimum atomic E-state index is -0.477. The standard InChI is InChI=1S/C26H24N2O5S/c1-3-4-11-31-20-10-7-16(13-22(20)30-2)24-18-9-8-17(32-26(29)23-6-5-12-34-23)14-21(18)33-25(28)19(24)15-27/h5-10,12-14,24H,3-4,11,28H2,1-2H3. The van der Waals surface area contributed by atoms with E-state index >= 15 is 0 Å². The third kappa shape index (κ3) is 4.70. The first-order valence-corrected chi connectivity index (χ1v) is 11.7. The molecule has 1 aliphatic rings. The largest absolute Gasteiger partial charge is 0.493 e. The quantitative estimate of drug-likeness (QED) is 0.265. The number of fused-ring (bicyclic) bond motifs is 1. The minimum absolute atomic E-state index is 0.00368. The summed E-state index contributed by atoms with van der Waals surface area (Å²) in [5.41, 5.74) is 7.93. The Morgan fingerprint density at radius 3 is 2.76 bits per heavy atom. The summed E-state index contributed by atoms with van der Waals surface area (Å²) in [5.74, 6) is 1.02. The van der Waals surface area contributed by atoms with Crippen molar-refractivity contribution in [2.75, 3.05) is 13.7 Å². The van der Waals surface area contributed by atoms with E-state index in [4.69, 9.17) is 24.7 Å². The van der Waals surface area contributed by atoms with Crippen molar-refractivity contribution in [2.45, 2.75) is 25.7 Å². The van der Waals surface area contributed by atoms with E-state index in [0.29, 0.717) is 34.5 Å². The number of carbonyl (C=O) groups is 1. The van der Waals surface area contributed by atoms with Crippen LogP contribution in [0.25, 0.3) is 0 Å². The lowest BCUT2D eigenvalue weighted by Gasteiger charge is -2.27. The molecule has 174 valence electrons. The molecular weight excluding hydrogens is 452 g/mol. The number of nitrogens with two attached hydrogens (primary N) is 1. The van der Waals surface area contributed by atoms with Gasteiger partial charge in [0, 0.05) is 11.6 Å². The number of methoxy groups -OCH3 is 1. The Hall–Kier alpha value is -3.96. The van der Waals surface area contributed by atoms with Crippen molar-refractivity contribution in [2.24, 2.45) is 5.73 Å². The Morgan fingerprint density at radius 2 is 2.06 bits per heavy atom. The highest BCUT2D eigenvalue weighted by molar-refractivity contribution is 7.12. The zero-order valence-corrected chi connectivity index (χ0v) is 19.7. The van der Waals surface area contributed by atoms with Crippen LogP contribution in [0.4, 0.5) is 0 Å². The van der Waals surface area contributed by atoms with E-state index in [-0.39, 0.29) is 11.5 Å². The molecule has 0 fully saturated rings. The number of hydrogen-bond acceptors (Lipinski definition) is 8. The molecule has 2 aromatic carbocycles. The highest BCUT2D eigenvalue weighted by Gasteiger charge is 2.31. The van der Waals surface area contributed by atoms with Gasteiger partial charge in [-0.05, 0) is 41.6 Å². The summed E-state index contributed by atoms with van der Waals surface area (Å²) in [6.45, 7) is 2.69. The van der Waals surface area contributed by atoms with E-state index in [1.807, 2.05) is 18.2 Å². The van der Waals surface area contributed by atoms with Gasteiger partial charge in [-0.1, -0.05) is 31.5 Å². The predicted octanol–water partition coefficient (Wildman–Crippen LogP) is 5.37. The van der Waals surface area contributed by atoms with Gasteiger partial charge in [0.25, 0.3) is 0 Å². The number of thiophene rings is 1. The van der Waals surface area contributed by atoms with Crippen LogP contribution >= 0.6 is 11.3 Å². The molecule has 0 aliphatic carbocycles. The van der Waals surface area contributed by atoms with Gasteiger partial charge in [-0.3, -0.25) is 0 Å². The summed E-state index contributed by atoms with van der Waals surface area (Å²) < 4.78 is 22.6. The first kappa shape index (κ1) is 23.2. The molecule has 1 aromatic heterocycles. The first-order chi connectivity index (χ1) is 16.5. The second-order valence-corrected chi connectivity index (χ2v) is 8.55. The highest BCUT2D eigenvalue weighted by Crippen LogP contribution is 2.45. The number of allylic oxidation sites excluding steroid dienone is 1. The van der Waals surface area contributed by atoms with Crippen LogP contribution in [0.5, 0.6) is 23.0 Å². The molecule has 0 saturated carbocycles. The monoisotopic (exact) mass is 476 g/mol. The molecule has 1 unspecified atom stereocenters. The number of nitriles is 1. The fraction of sp³-hybridized carbons (Fsp3) is 0.231. The molecule has 0 radical (unpaired) electrons. The Morgan fingerprint density at radius 1 is 1.21 bits per heavy atom. The number of carbonyl (C=O) groups excluding carboxylic acids is 1. The number of esters is 1. The van der Waals surface area contributed by atoms with E-state index in [1.165, 1.54) is 11.3 Å². The Balaban J connectivity index is 1.68. The topological polar surface area (TPSA) is 104 Å². The molecule has 7 nitrogen and oxygen atoms in total. The smallest absolute Gasteiger partial charge is 0.353 e. The molecular formula is C26H24N2O5S. The number of nitrogens with zero attached hydrogens (tertiary/aromatic N) is 1. The lowest BCUT2D eigenvalue weighted by Crippen LogP contribution is -2.21. The summed E-state index contributed by atoms with van der Waals surface area (Å²) in [6, 6.07) is 16.3. The summed E-state index contributed by atoms with van der Waals surface area (Å²) in [7, 11) is 1.58. The summed E-state index contributed by atoms with van der Waals surface area (Å²) in [6.07, 6.45) is 1.97. The number of unbranched alkanes of at least 4 members (excludes halogenated alkanes) is 1. The van der Waals surface area contributed by atoms with Crippen molar-refractivity contribution >= 4 is 17.3 Å². The molecule has 2 N–H and O–H groups in total. The maximum atomic E-state index is 12.3. The minimum Gasteiger partial charge on any atom is -0.493 e. The van der Waals surface area contributed by atoms with E-state index in [1.54, 1.807) is 42.8 Å². The van der Waals surface area contributed by atoms with Gasteiger partial charge in [0.15, 0.2) is 11.5 Å². The summed E-state index contributed by atoms with van der Waals surface area (Å²) in [4.78, 5) is 12.8. The zero-order chi connectivity index (χ0) is 24.1. The second-order valence-electron chi connectivity index (χ2n) is 7.60. The van der Waals surface area contributed by atoms with Crippen molar-refractivity contribution in [3.8, 4) is 29.1 Å². The predicted molar refractivity (Wildman–Crippen MR) is 128 cm³/mol. The van der Waals surface area contributed by atoms with Gasteiger partial charge in [0.05, 0.1) is 19.6 Å². The summed E-state index contributed by atoms with van der Waals surface area (Å²) >= 11 is 1.30. The zero-order valence-electron chi connectivity index (χ0n) is 18.9. The number of hydrogen-bond donors (Lipinski definition) is 1. The molecule has 0 bridgehead atoms. The van der Waals surface area contributed by atoms with Crippen LogP contribution in [0, 0.1) is 11.3 Å². The second kappa shape index (κ2) is 10.3. The molecule has 0 spiro atoms. The molecule has 3 aromatic rings. The Labute approximate surface area is 201 Å². The van der Waals surface area contributed by atoms with Crippen molar-refractivity contribution < 1.29 is 23.7 Å². The average molecular weight is 477 g/mol. The van der Waals surface area contributed by atoms with Crippen LogP contribution in [-0.2, 0) is 0 Å². The van der Waals surface area contributed by atoms with Crippen LogP contribution in [0.1, 0.15) is 46.5 Å². The fourth-order valence-electron chi connectivity index (χ4n) is 3.70. The van der Waals surface area contributed by atoms with Gasteiger partial charge < -0.3 is 24.7 Å².